The number of hydrogen-bond donors (Lipinski definition) is 0. The Morgan fingerprint density at radius 2 is 1.90 bits per heavy atom. The molecule has 0 saturated carbocycles. The van der Waals surface area contributed by atoms with Gasteiger partial charge in [-0.15, -0.1) is 0 Å². The number of amides is 2. The standard InChI is InChI=1S/C37H42BrClN6O3/c1-26(2)24-48-37(47)45-18-17-43(35-32-12-11-31(39)20-28(32)9-10-29-19-30(38)21-41-34(29)35)23-33(45)36(46)44(22-27-7-4-3-5-8-27)15-6-14-42-16-13-40-25-42/h3-5,7-8,11-13,16,19-21,25-26,33,35H,6,9-10,14-15,17-18,22-24H2,1-2H3/t33-,35+/m1/s1. The quantitative estimate of drug-likeness (QED) is 0.179. The number of imidazole rings is 1. The van der Waals surface area contributed by atoms with Crippen molar-refractivity contribution in [2.24, 2.45) is 5.92 Å². The number of piperazine rings is 1. The molecule has 9 nitrogen and oxygen atoms in total. The topological polar surface area (TPSA) is 83.8 Å². The molecule has 11 heteroatoms. The lowest BCUT2D eigenvalue weighted by Crippen LogP contribution is -2.61. The van der Waals surface area contributed by atoms with Crippen LogP contribution < -0.4 is 0 Å². The highest BCUT2D eigenvalue weighted by Gasteiger charge is 2.42. The first-order chi connectivity index (χ1) is 23.3. The fourth-order valence-corrected chi connectivity index (χ4v) is 7.29. The molecule has 6 rings (SSSR count). The Morgan fingerprint density at radius 3 is 2.67 bits per heavy atom. The summed E-state index contributed by atoms with van der Waals surface area (Å²) in [6.07, 6.45) is 9.28. The van der Waals surface area contributed by atoms with Crippen LogP contribution in [0.15, 0.2) is 84.0 Å². The van der Waals surface area contributed by atoms with Crippen LogP contribution in [0.5, 0.6) is 0 Å². The lowest BCUT2D eigenvalue weighted by atomic mass is 9.95. The van der Waals surface area contributed by atoms with Crippen molar-refractivity contribution in [3.05, 3.63) is 117 Å². The van der Waals surface area contributed by atoms with Crippen LogP contribution in [0.1, 0.15) is 54.3 Å². The summed E-state index contributed by atoms with van der Waals surface area (Å²) >= 11 is 10.1. The summed E-state index contributed by atoms with van der Waals surface area (Å²) in [6, 6.07) is 17.3. The van der Waals surface area contributed by atoms with E-state index in [-0.39, 0.29) is 17.9 Å². The van der Waals surface area contributed by atoms with E-state index < -0.39 is 12.1 Å². The third-order valence-corrected chi connectivity index (χ3v) is 9.73. The summed E-state index contributed by atoms with van der Waals surface area (Å²) in [5.41, 5.74) is 5.48. The number of aromatic nitrogens is 3. The maximum Gasteiger partial charge on any atom is 0.410 e. The van der Waals surface area contributed by atoms with E-state index in [0.29, 0.717) is 44.4 Å². The zero-order valence-corrected chi connectivity index (χ0v) is 29.8. The van der Waals surface area contributed by atoms with Crippen LogP contribution in [0.3, 0.4) is 0 Å². The Hall–Kier alpha value is -3.73. The molecule has 2 atom stereocenters. The fourth-order valence-electron chi connectivity index (χ4n) is 6.72. The molecule has 0 bridgehead atoms. The second-order valence-electron chi connectivity index (χ2n) is 13.0. The molecule has 1 aliphatic heterocycles. The van der Waals surface area contributed by atoms with Gasteiger partial charge in [-0.05, 0) is 81.6 Å². The van der Waals surface area contributed by atoms with Crippen LogP contribution in [-0.2, 0) is 35.5 Å². The molecule has 252 valence electrons. The smallest absolute Gasteiger partial charge is 0.410 e. The average molecular weight is 734 g/mol. The van der Waals surface area contributed by atoms with Gasteiger partial charge in [-0.1, -0.05) is 61.8 Å². The summed E-state index contributed by atoms with van der Waals surface area (Å²) in [4.78, 5) is 43.4. The molecule has 2 aromatic carbocycles. The van der Waals surface area contributed by atoms with Crippen LogP contribution in [0, 0.1) is 5.92 Å². The summed E-state index contributed by atoms with van der Waals surface area (Å²) in [7, 11) is 0. The van der Waals surface area contributed by atoms with Crippen molar-refractivity contribution in [1.82, 2.24) is 29.2 Å². The van der Waals surface area contributed by atoms with E-state index in [1.54, 1.807) is 17.4 Å². The Bertz CT molecular complexity index is 1650. The molecule has 1 aliphatic carbocycles. The zero-order chi connectivity index (χ0) is 33.6. The number of benzene rings is 2. The maximum absolute atomic E-state index is 14.8. The number of nitrogens with zero attached hydrogens (tertiary/aromatic N) is 6. The van der Waals surface area contributed by atoms with E-state index in [1.165, 1.54) is 5.56 Å². The first kappa shape index (κ1) is 34.1. The molecule has 1 fully saturated rings. The van der Waals surface area contributed by atoms with Crippen molar-refractivity contribution in [2.45, 2.75) is 58.3 Å². The number of hydrogen-bond acceptors (Lipinski definition) is 6. The molecule has 2 amide bonds. The van der Waals surface area contributed by atoms with Crippen molar-refractivity contribution in [3.8, 4) is 0 Å². The lowest BCUT2D eigenvalue weighted by Gasteiger charge is -2.44. The number of rotatable bonds is 10. The number of fused-ring (bicyclic) bond motifs is 2. The van der Waals surface area contributed by atoms with Crippen molar-refractivity contribution < 1.29 is 14.3 Å². The van der Waals surface area contributed by atoms with E-state index in [9.17, 15) is 9.59 Å². The Balaban J connectivity index is 1.34. The molecular weight excluding hydrogens is 692 g/mol. The van der Waals surface area contributed by atoms with Gasteiger partial charge >= 0.3 is 6.09 Å². The number of pyridine rings is 1. The van der Waals surface area contributed by atoms with Gasteiger partial charge in [0.05, 0.1) is 24.7 Å². The van der Waals surface area contributed by atoms with Gasteiger partial charge in [0.1, 0.15) is 6.04 Å². The Labute approximate surface area is 296 Å². The fraction of sp³-hybridized carbons (Fsp3) is 0.405. The van der Waals surface area contributed by atoms with Gasteiger partial charge in [-0.25, -0.2) is 9.78 Å². The first-order valence-electron chi connectivity index (χ1n) is 16.7. The predicted molar refractivity (Wildman–Crippen MR) is 190 cm³/mol. The van der Waals surface area contributed by atoms with E-state index in [4.69, 9.17) is 21.3 Å². The van der Waals surface area contributed by atoms with Crippen molar-refractivity contribution >= 4 is 39.5 Å². The highest BCUT2D eigenvalue weighted by molar-refractivity contribution is 9.10. The third-order valence-electron chi connectivity index (χ3n) is 9.06. The molecule has 0 spiro atoms. The van der Waals surface area contributed by atoms with E-state index in [2.05, 4.69) is 44.0 Å². The normalized spacial score (nSPS) is 17.8. The summed E-state index contributed by atoms with van der Waals surface area (Å²) in [5, 5.41) is 0.700. The Kier molecular flexibility index (Phi) is 11.1. The molecule has 4 aromatic rings. The highest BCUT2D eigenvalue weighted by Crippen LogP contribution is 2.38. The number of halogens is 2. The van der Waals surface area contributed by atoms with Gasteiger partial charge in [0.15, 0.2) is 0 Å². The minimum atomic E-state index is -0.742. The molecule has 2 aromatic heterocycles. The van der Waals surface area contributed by atoms with Gasteiger partial charge < -0.3 is 14.2 Å². The van der Waals surface area contributed by atoms with E-state index in [1.807, 2.05) is 72.1 Å². The molecular formula is C37H42BrClN6O3. The summed E-state index contributed by atoms with van der Waals surface area (Å²) in [5.74, 6) is 0.0861. The van der Waals surface area contributed by atoms with Gasteiger partial charge in [0, 0.05) is 67.4 Å². The lowest BCUT2D eigenvalue weighted by molar-refractivity contribution is -0.140. The Morgan fingerprint density at radius 1 is 1.08 bits per heavy atom. The van der Waals surface area contributed by atoms with Gasteiger partial charge in [-0.3, -0.25) is 19.6 Å². The molecule has 2 aliphatic rings. The number of carbonyl (C=O) groups excluding carboxylic acids is 2. The van der Waals surface area contributed by atoms with Crippen molar-refractivity contribution in [1.29, 1.82) is 0 Å². The zero-order valence-electron chi connectivity index (χ0n) is 27.5. The second-order valence-corrected chi connectivity index (χ2v) is 14.4. The SMILES string of the molecule is CC(C)COC(=O)N1CCN([C@H]2c3ccc(Cl)cc3CCc3cc(Br)cnc32)C[C@@H]1C(=O)N(CCCn1ccnc1)Cc1ccccc1. The largest absolute Gasteiger partial charge is 0.449 e. The maximum atomic E-state index is 14.8. The van der Waals surface area contributed by atoms with Gasteiger partial charge in [-0.2, -0.15) is 0 Å². The minimum Gasteiger partial charge on any atom is -0.449 e. The monoisotopic (exact) mass is 732 g/mol. The second kappa shape index (κ2) is 15.7. The predicted octanol–water partition coefficient (Wildman–Crippen LogP) is 6.78. The van der Waals surface area contributed by atoms with E-state index >= 15 is 0 Å². The van der Waals surface area contributed by atoms with E-state index in [0.717, 1.165) is 52.7 Å². The third kappa shape index (κ3) is 8.10. The minimum absolute atomic E-state index is 0.0929. The highest BCUT2D eigenvalue weighted by atomic mass is 79.9. The molecule has 3 heterocycles. The molecule has 0 radical (unpaired) electrons. The van der Waals surface area contributed by atoms with Gasteiger partial charge in [0.2, 0.25) is 5.91 Å². The van der Waals surface area contributed by atoms with Crippen LogP contribution in [0.2, 0.25) is 5.02 Å². The number of carbonyl (C=O) groups is 2. The van der Waals surface area contributed by atoms with Crippen LogP contribution in [0.25, 0.3) is 0 Å². The average Bonchev–Trinajstić information content (AvgIpc) is 3.55. The summed E-state index contributed by atoms with van der Waals surface area (Å²) < 4.78 is 8.69. The molecule has 48 heavy (non-hydrogen) atoms. The summed E-state index contributed by atoms with van der Waals surface area (Å²) in [6.45, 7) is 7.26. The number of aryl methyl sites for hydroxylation is 3. The van der Waals surface area contributed by atoms with Crippen LogP contribution in [-0.4, -0.2) is 80.1 Å². The van der Waals surface area contributed by atoms with Crippen LogP contribution in [0.4, 0.5) is 4.79 Å². The van der Waals surface area contributed by atoms with Crippen molar-refractivity contribution in [2.75, 3.05) is 32.8 Å². The van der Waals surface area contributed by atoms with Crippen molar-refractivity contribution in [3.63, 3.8) is 0 Å². The van der Waals surface area contributed by atoms with Gasteiger partial charge in [0.25, 0.3) is 0 Å². The molecule has 1 saturated heterocycles. The first-order valence-corrected chi connectivity index (χ1v) is 17.8. The molecule has 0 unspecified atom stereocenters. The molecule has 0 N–H and O–H groups in total. The number of ether oxygens (including phenoxy) is 1. The van der Waals surface area contributed by atoms with Crippen LogP contribution >= 0.6 is 27.5 Å².